The predicted octanol–water partition coefficient (Wildman–Crippen LogP) is 4.03. The average molecular weight is 384 g/mol. The molecule has 4 rings (SSSR count). The molecule has 0 saturated heterocycles. The van der Waals surface area contributed by atoms with Crippen LogP contribution in [0.25, 0.3) is 11.0 Å². The molecule has 1 aliphatic heterocycles. The number of nitrogens with two attached hydrogens (primary N) is 1. The van der Waals surface area contributed by atoms with E-state index in [2.05, 4.69) is 0 Å². The van der Waals surface area contributed by atoms with E-state index in [1.165, 1.54) is 30.3 Å². The molecular formula is C20H11F3N2O3. The van der Waals surface area contributed by atoms with Gasteiger partial charge in [0.05, 0.1) is 22.4 Å². The molecule has 0 saturated carbocycles. The van der Waals surface area contributed by atoms with E-state index in [1.807, 2.05) is 0 Å². The third-order valence-corrected chi connectivity index (χ3v) is 4.54. The number of hydrogen-bond acceptors (Lipinski definition) is 5. The number of hydrogen-bond donors (Lipinski definition) is 1. The first kappa shape index (κ1) is 17.7. The zero-order chi connectivity index (χ0) is 20.1. The standard InChI is InChI=1S/C20H11F3N2O3/c21-20(22,23)13-7-3-1-5-10(13)15-12(9-24)18(25)28-19-16(15)17(26)11-6-2-4-8-14(11)27-19/h1-8,15H,25H2/t15-/m0/s1. The number of benzene rings is 2. The smallest absolute Gasteiger partial charge is 0.416 e. The van der Waals surface area contributed by atoms with Crippen molar-refractivity contribution < 1.29 is 22.3 Å². The molecule has 140 valence electrons. The molecule has 3 aromatic rings. The van der Waals surface area contributed by atoms with Gasteiger partial charge in [0.15, 0.2) is 0 Å². The molecule has 0 unspecified atom stereocenters. The maximum atomic E-state index is 13.6. The summed E-state index contributed by atoms with van der Waals surface area (Å²) in [7, 11) is 0. The SMILES string of the molecule is N#CC1=C(N)Oc2oc3ccccc3c(=O)c2[C@H]1c1ccccc1C(F)(F)F. The van der Waals surface area contributed by atoms with E-state index in [0.717, 1.165) is 6.07 Å². The molecule has 0 spiro atoms. The highest BCUT2D eigenvalue weighted by Gasteiger charge is 2.41. The van der Waals surface area contributed by atoms with Crippen LogP contribution in [0.2, 0.25) is 0 Å². The van der Waals surface area contributed by atoms with Gasteiger partial charge in [-0.15, -0.1) is 0 Å². The van der Waals surface area contributed by atoms with Crippen LogP contribution in [0.3, 0.4) is 0 Å². The Morgan fingerprint density at radius 1 is 1.07 bits per heavy atom. The van der Waals surface area contributed by atoms with Gasteiger partial charge in [0.25, 0.3) is 5.95 Å². The molecule has 28 heavy (non-hydrogen) atoms. The maximum Gasteiger partial charge on any atom is 0.416 e. The number of halogens is 3. The van der Waals surface area contributed by atoms with Gasteiger partial charge < -0.3 is 14.9 Å². The van der Waals surface area contributed by atoms with Gasteiger partial charge in [0, 0.05) is 0 Å². The second kappa shape index (κ2) is 6.16. The minimum Gasteiger partial charge on any atom is -0.425 e. The average Bonchev–Trinajstić information content (AvgIpc) is 2.66. The Balaban J connectivity index is 2.11. The summed E-state index contributed by atoms with van der Waals surface area (Å²) >= 11 is 0. The Morgan fingerprint density at radius 3 is 2.46 bits per heavy atom. The predicted molar refractivity (Wildman–Crippen MR) is 93.2 cm³/mol. The summed E-state index contributed by atoms with van der Waals surface area (Å²) in [4.78, 5) is 13.1. The minimum atomic E-state index is -4.69. The monoisotopic (exact) mass is 384 g/mol. The lowest BCUT2D eigenvalue weighted by molar-refractivity contribution is -0.138. The molecule has 1 aliphatic rings. The summed E-state index contributed by atoms with van der Waals surface area (Å²) in [5.41, 5.74) is 3.66. The van der Waals surface area contributed by atoms with E-state index in [0.29, 0.717) is 0 Å². The Morgan fingerprint density at radius 2 is 1.75 bits per heavy atom. The first-order valence-corrected chi connectivity index (χ1v) is 8.12. The van der Waals surface area contributed by atoms with Gasteiger partial charge in [-0.05, 0) is 23.8 Å². The number of nitrogens with zero attached hydrogens (tertiary/aromatic N) is 1. The third kappa shape index (κ3) is 2.60. The van der Waals surface area contributed by atoms with Crippen molar-refractivity contribution in [2.75, 3.05) is 0 Å². The van der Waals surface area contributed by atoms with Crippen molar-refractivity contribution in [3.05, 3.63) is 86.9 Å². The number of allylic oxidation sites excluding steroid dienone is 1. The first-order chi connectivity index (χ1) is 13.3. The summed E-state index contributed by atoms with van der Waals surface area (Å²) in [6.07, 6.45) is -4.69. The molecule has 0 aliphatic carbocycles. The second-order valence-corrected chi connectivity index (χ2v) is 6.14. The Labute approximate surface area is 156 Å². The molecule has 1 aromatic heterocycles. The van der Waals surface area contributed by atoms with Gasteiger partial charge in [-0.1, -0.05) is 30.3 Å². The van der Waals surface area contributed by atoms with Crippen molar-refractivity contribution in [3.8, 4) is 12.0 Å². The molecule has 0 radical (unpaired) electrons. The molecule has 0 amide bonds. The lowest BCUT2D eigenvalue weighted by Gasteiger charge is -2.26. The van der Waals surface area contributed by atoms with Crippen molar-refractivity contribution in [1.82, 2.24) is 0 Å². The summed E-state index contributed by atoms with van der Waals surface area (Å²) in [5, 5.41) is 9.70. The number of ether oxygens (including phenoxy) is 1. The van der Waals surface area contributed by atoms with Gasteiger partial charge in [-0.25, -0.2) is 0 Å². The summed E-state index contributed by atoms with van der Waals surface area (Å²) in [5.74, 6) is -2.09. The lowest BCUT2D eigenvalue weighted by Crippen LogP contribution is -2.28. The molecule has 0 bridgehead atoms. The zero-order valence-corrected chi connectivity index (χ0v) is 14.1. The molecule has 1 atom stereocenters. The maximum absolute atomic E-state index is 13.6. The van der Waals surface area contributed by atoms with Gasteiger partial charge >= 0.3 is 6.18 Å². The fourth-order valence-corrected chi connectivity index (χ4v) is 3.34. The van der Waals surface area contributed by atoms with Crippen molar-refractivity contribution in [2.45, 2.75) is 12.1 Å². The van der Waals surface area contributed by atoms with Gasteiger partial charge in [-0.3, -0.25) is 4.79 Å². The molecule has 8 heteroatoms. The normalized spacial score (nSPS) is 16.4. The molecule has 0 fully saturated rings. The van der Waals surface area contributed by atoms with Crippen LogP contribution in [-0.4, -0.2) is 0 Å². The van der Waals surface area contributed by atoms with E-state index in [4.69, 9.17) is 14.9 Å². The number of alkyl halides is 3. The number of fused-ring (bicyclic) bond motifs is 2. The fraction of sp³-hybridized carbons (Fsp3) is 0.100. The molecular weight excluding hydrogens is 373 g/mol. The summed E-state index contributed by atoms with van der Waals surface area (Å²) in [6.45, 7) is 0. The van der Waals surface area contributed by atoms with Crippen LogP contribution < -0.4 is 15.9 Å². The third-order valence-electron chi connectivity index (χ3n) is 4.54. The van der Waals surface area contributed by atoms with Crippen LogP contribution in [-0.2, 0) is 6.18 Å². The van der Waals surface area contributed by atoms with E-state index in [-0.39, 0.29) is 33.6 Å². The van der Waals surface area contributed by atoms with Crippen LogP contribution in [0.4, 0.5) is 13.2 Å². The van der Waals surface area contributed by atoms with Crippen molar-refractivity contribution in [2.24, 2.45) is 5.73 Å². The minimum absolute atomic E-state index is 0.164. The summed E-state index contributed by atoms with van der Waals surface area (Å²) < 4.78 is 51.7. The van der Waals surface area contributed by atoms with E-state index in [1.54, 1.807) is 18.2 Å². The number of rotatable bonds is 1. The fourth-order valence-electron chi connectivity index (χ4n) is 3.34. The highest BCUT2D eigenvalue weighted by molar-refractivity contribution is 5.78. The van der Waals surface area contributed by atoms with Crippen LogP contribution in [0.5, 0.6) is 5.95 Å². The second-order valence-electron chi connectivity index (χ2n) is 6.14. The topological polar surface area (TPSA) is 89.2 Å². The summed E-state index contributed by atoms with van der Waals surface area (Å²) in [6, 6.07) is 12.8. The van der Waals surface area contributed by atoms with Crippen molar-refractivity contribution >= 4 is 11.0 Å². The van der Waals surface area contributed by atoms with Crippen LogP contribution >= 0.6 is 0 Å². The largest absolute Gasteiger partial charge is 0.425 e. The lowest BCUT2D eigenvalue weighted by atomic mass is 9.82. The molecule has 2 heterocycles. The zero-order valence-electron chi connectivity index (χ0n) is 14.1. The molecule has 2 N–H and O–H groups in total. The van der Waals surface area contributed by atoms with Gasteiger partial charge in [-0.2, -0.15) is 18.4 Å². The van der Waals surface area contributed by atoms with E-state index < -0.39 is 29.0 Å². The van der Waals surface area contributed by atoms with Gasteiger partial charge in [0.2, 0.25) is 11.3 Å². The number of nitriles is 1. The number of para-hydroxylation sites is 1. The Kier molecular flexibility index (Phi) is 3.89. The highest BCUT2D eigenvalue weighted by Crippen LogP contribution is 2.45. The van der Waals surface area contributed by atoms with Crippen molar-refractivity contribution in [3.63, 3.8) is 0 Å². The van der Waals surface area contributed by atoms with Crippen LogP contribution in [0, 0.1) is 11.3 Å². The van der Waals surface area contributed by atoms with Gasteiger partial charge in [0.1, 0.15) is 17.2 Å². The van der Waals surface area contributed by atoms with Crippen molar-refractivity contribution in [1.29, 1.82) is 5.26 Å². The molecule has 5 nitrogen and oxygen atoms in total. The van der Waals surface area contributed by atoms with Crippen LogP contribution in [0.15, 0.2) is 69.2 Å². The molecule has 2 aromatic carbocycles. The Hall–Kier alpha value is -3.73. The van der Waals surface area contributed by atoms with E-state index >= 15 is 0 Å². The first-order valence-electron chi connectivity index (χ1n) is 8.12. The van der Waals surface area contributed by atoms with Crippen LogP contribution in [0.1, 0.15) is 22.6 Å². The van der Waals surface area contributed by atoms with E-state index in [9.17, 15) is 23.2 Å². The highest BCUT2D eigenvalue weighted by atomic mass is 19.4. The Bertz CT molecular complexity index is 1240. The quantitative estimate of drug-likeness (QED) is 0.684.